The minimum absolute atomic E-state index is 0.485. The molecule has 3 rings (SSSR count). The highest BCUT2D eigenvalue weighted by Gasteiger charge is 2.29. The van der Waals surface area contributed by atoms with Gasteiger partial charge in [-0.25, -0.2) is 0 Å². The standard InChI is InChI=1S/C15H18O2/c1-2-6-12(14-8-4-10-16-14)13(7-3-1)15-9-5-11-17-15/h4-5,8-13H,1-3,6-7H2. The first kappa shape index (κ1) is 10.7. The van der Waals surface area contributed by atoms with Gasteiger partial charge in [0.1, 0.15) is 11.5 Å². The monoisotopic (exact) mass is 230 g/mol. The fourth-order valence-corrected chi connectivity index (χ4v) is 2.99. The summed E-state index contributed by atoms with van der Waals surface area (Å²) in [7, 11) is 0. The normalized spacial score (nSPS) is 25.6. The minimum Gasteiger partial charge on any atom is -0.469 e. The van der Waals surface area contributed by atoms with Crippen LogP contribution < -0.4 is 0 Å². The van der Waals surface area contributed by atoms with Crippen molar-refractivity contribution in [1.29, 1.82) is 0 Å². The van der Waals surface area contributed by atoms with Crippen LogP contribution >= 0.6 is 0 Å². The van der Waals surface area contributed by atoms with Gasteiger partial charge >= 0.3 is 0 Å². The summed E-state index contributed by atoms with van der Waals surface area (Å²) < 4.78 is 11.2. The van der Waals surface area contributed by atoms with Gasteiger partial charge in [-0.05, 0) is 37.1 Å². The van der Waals surface area contributed by atoms with E-state index in [2.05, 4.69) is 12.1 Å². The fraction of sp³-hybridized carbons (Fsp3) is 0.467. The summed E-state index contributed by atoms with van der Waals surface area (Å²) in [6.45, 7) is 0. The molecule has 2 aromatic heterocycles. The van der Waals surface area contributed by atoms with E-state index in [1.54, 1.807) is 12.5 Å². The Morgan fingerprint density at radius 1 is 0.765 bits per heavy atom. The van der Waals surface area contributed by atoms with E-state index in [4.69, 9.17) is 8.83 Å². The molecule has 2 heteroatoms. The van der Waals surface area contributed by atoms with Crippen molar-refractivity contribution < 1.29 is 8.83 Å². The quantitative estimate of drug-likeness (QED) is 0.699. The zero-order valence-corrected chi connectivity index (χ0v) is 9.97. The van der Waals surface area contributed by atoms with E-state index in [1.807, 2.05) is 12.1 Å². The van der Waals surface area contributed by atoms with Crippen LogP contribution in [-0.2, 0) is 0 Å². The van der Waals surface area contributed by atoms with Crippen molar-refractivity contribution in [2.45, 2.75) is 43.9 Å². The van der Waals surface area contributed by atoms with Crippen LogP contribution in [0.25, 0.3) is 0 Å². The van der Waals surface area contributed by atoms with Gasteiger partial charge in [0.15, 0.2) is 0 Å². The summed E-state index contributed by atoms with van der Waals surface area (Å²) in [5.41, 5.74) is 0. The third kappa shape index (κ3) is 2.17. The van der Waals surface area contributed by atoms with Crippen LogP contribution in [-0.4, -0.2) is 0 Å². The molecule has 0 amide bonds. The summed E-state index contributed by atoms with van der Waals surface area (Å²) in [5, 5.41) is 0. The Kier molecular flexibility index (Phi) is 3.04. The van der Waals surface area contributed by atoms with Crippen LogP contribution in [0, 0.1) is 0 Å². The molecule has 0 aliphatic heterocycles. The predicted octanol–water partition coefficient (Wildman–Crippen LogP) is 4.70. The molecule has 1 saturated carbocycles. The molecular formula is C15H18O2. The SMILES string of the molecule is c1coc(C2CCCCCC2c2ccco2)c1. The van der Waals surface area contributed by atoms with Crippen molar-refractivity contribution in [3.8, 4) is 0 Å². The highest BCUT2D eigenvalue weighted by molar-refractivity contribution is 5.17. The highest BCUT2D eigenvalue weighted by atomic mass is 16.3. The van der Waals surface area contributed by atoms with Gasteiger partial charge in [-0.1, -0.05) is 19.3 Å². The number of rotatable bonds is 2. The summed E-state index contributed by atoms with van der Waals surface area (Å²) in [6, 6.07) is 8.18. The molecule has 17 heavy (non-hydrogen) atoms. The van der Waals surface area contributed by atoms with Crippen molar-refractivity contribution in [2.24, 2.45) is 0 Å². The zero-order chi connectivity index (χ0) is 11.5. The van der Waals surface area contributed by atoms with Gasteiger partial charge in [-0.15, -0.1) is 0 Å². The smallest absolute Gasteiger partial charge is 0.107 e. The van der Waals surface area contributed by atoms with Crippen LogP contribution in [0.15, 0.2) is 45.6 Å². The highest BCUT2D eigenvalue weighted by Crippen LogP contribution is 2.42. The molecule has 2 nitrogen and oxygen atoms in total. The van der Waals surface area contributed by atoms with E-state index < -0.39 is 0 Å². The molecule has 0 bridgehead atoms. The second kappa shape index (κ2) is 4.82. The van der Waals surface area contributed by atoms with Crippen molar-refractivity contribution in [3.63, 3.8) is 0 Å². The first-order valence-corrected chi connectivity index (χ1v) is 6.52. The molecule has 2 aromatic rings. The third-order valence-corrected chi connectivity index (χ3v) is 3.83. The summed E-state index contributed by atoms with van der Waals surface area (Å²) in [4.78, 5) is 0. The van der Waals surface area contributed by atoms with Gasteiger partial charge in [0.05, 0.1) is 12.5 Å². The number of hydrogen-bond acceptors (Lipinski definition) is 2. The zero-order valence-electron chi connectivity index (χ0n) is 9.97. The maximum Gasteiger partial charge on any atom is 0.107 e. The van der Waals surface area contributed by atoms with E-state index in [9.17, 15) is 0 Å². The van der Waals surface area contributed by atoms with Crippen molar-refractivity contribution in [2.75, 3.05) is 0 Å². The predicted molar refractivity (Wildman–Crippen MR) is 66.0 cm³/mol. The third-order valence-electron chi connectivity index (χ3n) is 3.83. The Morgan fingerprint density at radius 2 is 1.29 bits per heavy atom. The molecule has 1 aliphatic carbocycles. The summed E-state index contributed by atoms with van der Waals surface area (Å²) in [5.74, 6) is 3.21. The van der Waals surface area contributed by atoms with Crippen LogP contribution in [0.2, 0.25) is 0 Å². The maximum absolute atomic E-state index is 5.62. The van der Waals surface area contributed by atoms with Crippen LogP contribution in [0.3, 0.4) is 0 Å². The van der Waals surface area contributed by atoms with E-state index in [0.717, 1.165) is 11.5 Å². The van der Waals surface area contributed by atoms with Gasteiger partial charge in [0.2, 0.25) is 0 Å². The van der Waals surface area contributed by atoms with Gasteiger partial charge in [0, 0.05) is 11.8 Å². The molecule has 2 heterocycles. The Hall–Kier alpha value is -1.44. The lowest BCUT2D eigenvalue weighted by Gasteiger charge is -2.21. The average Bonchev–Trinajstić information content (AvgIpc) is 2.99. The van der Waals surface area contributed by atoms with Gasteiger partial charge in [-0.2, -0.15) is 0 Å². The molecule has 2 unspecified atom stereocenters. The van der Waals surface area contributed by atoms with Gasteiger partial charge in [-0.3, -0.25) is 0 Å². The molecular weight excluding hydrogens is 212 g/mol. The van der Waals surface area contributed by atoms with Crippen LogP contribution in [0.4, 0.5) is 0 Å². The molecule has 0 spiro atoms. The molecule has 1 aliphatic rings. The number of furan rings is 2. The molecule has 2 atom stereocenters. The lowest BCUT2D eigenvalue weighted by Crippen LogP contribution is -2.08. The first-order valence-electron chi connectivity index (χ1n) is 6.52. The summed E-state index contributed by atoms with van der Waals surface area (Å²) in [6.07, 6.45) is 9.89. The van der Waals surface area contributed by atoms with Gasteiger partial charge < -0.3 is 8.83 Å². The summed E-state index contributed by atoms with van der Waals surface area (Å²) >= 11 is 0. The lowest BCUT2D eigenvalue weighted by molar-refractivity contribution is 0.358. The molecule has 1 fully saturated rings. The van der Waals surface area contributed by atoms with E-state index >= 15 is 0 Å². The van der Waals surface area contributed by atoms with Crippen molar-refractivity contribution in [1.82, 2.24) is 0 Å². The van der Waals surface area contributed by atoms with E-state index in [-0.39, 0.29) is 0 Å². The van der Waals surface area contributed by atoms with Crippen molar-refractivity contribution in [3.05, 3.63) is 48.3 Å². The Labute approximate surface area is 102 Å². The molecule has 0 saturated heterocycles. The maximum atomic E-state index is 5.62. The molecule has 0 N–H and O–H groups in total. The Bertz CT molecular complexity index is 385. The largest absolute Gasteiger partial charge is 0.469 e. The van der Waals surface area contributed by atoms with Crippen LogP contribution in [0.5, 0.6) is 0 Å². The molecule has 0 aromatic carbocycles. The van der Waals surface area contributed by atoms with Gasteiger partial charge in [0.25, 0.3) is 0 Å². The second-order valence-electron chi connectivity index (χ2n) is 4.88. The van der Waals surface area contributed by atoms with Crippen molar-refractivity contribution >= 4 is 0 Å². The van der Waals surface area contributed by atoms with E-state index in [0.29, 0.717) is 11.8 Å². The van der Waals surface area contributed by atoms with Crippen LogP contribution in [0.1, 0.15) is 55.5 Å². The van der Waals surface area contributed by atoms with E-state index in [1.165, 1.54) is 32.1 Å². The lowest BCUT2D eigenvalue weighted by atomic mass is 9.84. The molecule has 90 valence electrons. The second-order valence-corrected chi connectivity index (χ2v) is 4.88. The minimum atomic E-state index is 0.485. The fourth-order valence-electron chi connectivity index (χ4n) is 2.99. The number of hydrogen-bond donors (Lipinski definition) is 0. The topological polar surface area (TPSA) is 26.3 Å². The Balaban J connectivity index is 1.91. The average molecular weight is 230 g/mol. The Morgan fingerprint density at radius 3 is 1.71 bits per heavy atom. The first-order chi connectivity index (χ1) is 8.45. The molecule has 0 radical (unpaired) electrons.